The fourth-order valence-electron chi connectivity index (χ4n) is 7.81. The summed E-state index contributed by atoms with van der Waals surface area (Å²) in [5, 5.41) is 9.72. The first-order valence-electron chi connectivity index (χ1n) is 16.8. The third-order valence-electron chi connectivity index (χ3n) is 10.1. The number of hydrogen-bond acceptors (Lipinski definition) is 1. The van der Waals surface area contributed by atoms with Crippen molar-refractivity contribution in [2.24, 2.45) is 0 Å². The molecule has 0 bridgehead atoms. The van der Waals surface area contributed by atoms with Gasteiger partial charge in [0.2, 0.25) is 0 Å². The molecule has 0 aliphatic carbocycles. The monoisotopic (exact) mass is 622 g/mol. The van der Waals surface area contributed by atoms with Crippen molar-refractivity contribution in [1.29, 1.82) is 0 Å². The molecule has 0 aliphatic heterocycles. The molecule has 1 heteroatoms. The van der Waals surface area contributed by atoms with Crippen LogP contribution in [-0.4, -0.2) is 0 Å². The fraction of sp³-hybridized carbons (Fsp3) is 0. The highest BCUT2D eigenvalue weighted by Crippen LogP contribution is 2.45. The fourth-order valence-corrected chi connectivity index (χ4v) is 7.81. The summed E-state index contributed by atoms with van der Waals surface area (Å²) in [6.45, 7) is 0. The summed E-state index contributed by atoms with van der Waals surface area (Å²) in [7, 11) is 0. The molecule has 9 aromatic carbocycles. The van der Waals surface area contributed by atoms with Crippen molar-refractivity contribution in [3.8, 4) is 44.5 Å². The van der Waals surface area contributed by atoms with Gasteiger partial charge in [-0.05, 0) is 107 Å². The van der Waals surface area contributed by atoms with E-state index in [0.717, 1.165) is 27.5 Å². The second-order valence-corrected chi connectivity index (χ2v) is 12.8. The van der Waals surface area contributed by atoms with Crippen molar-refractivity contribution in [3.05, 3.63) is 182 Å². The van der Waals surface area contributed by atoms with Crippen LogP contribution in [-0.2, 0) is 0 Å². The van der Waals surface area contributed by atoms with Crippen LogP contribution in [0.25, 0.3) is 98.8 Å². The number of furan rings is 1. The van der Waals surface area contributed by atoms with E-state index in [1.165, 1.54) is 71.3 Å². The lowest BCUT2D eigenvalue weighted by atomic mass is 9.85. The van der Waals surface area contributed by atoms with Gasteiger partial charge in [0, 0.05) is 10.8 Å². The van der Waals surface area contributed by atoms with Crippen molar-refractivity contribution in [2.75, 3.05) is 0 Å². The minimum Gasteiger partial charge on any atom is -0.456 e. The Morgan fingerprint density at radius 2 is 0.816 bits per heavy atom. The highest BCUT2D eigenvalue weighted by atomic mass is 16.3. The number of hydrogen-bond donors (Lipinski definition) is 0. The van der Waals surface area contributed by atoms with Crippen LogP contribution >= 0.6 is 0 Å². The number of benzene rings is 9. The minimum absolute atomic E-state index is 0.911. The predicted molar refractivity (Wildman–Crippen MR) is 208 cm³/mol. The molecule has 0 spiro atoms. The molecule has 1 nitrogen and oxygen atoms in total. The normalized spacial score (nSPS) is 11.7. The van der Waals surface area contributed by atoms with Crippen molar-refractivity contribution in [2.45, 2.75) is 0 Å². The summed E-state index contributed by atoms with van der Waals surface area (Å²) >= 11 is 0. The Morgan fingerprint density at radius 3 is 1.55 bits per heavy atom. The Morgan fingerprint density at radius 1 is 0.265 bits per heavy atom. The second kappa shape index (κ2) is 11.1. The first-order chi connectivity index (χ1) is 24.3. The molecular weight excluding hydrogens is 593 g/mol. The van der Waals surface area contributed by atoms with Crippen LogP contribution in [0.4, 0.5) is 0 Å². The standard InChI is InChI=1S/C48H30O/c1-2-12-31(13-3-1)33-15-10-16-34(28-33)37-22-11-14-32-24-25-35(29-44(32)37)47-40-18-4-6-20-42(40)48(43-21-7-5-19-41(43)47)36-26-27-39-38-17-8-9-23-45(38)49-46(39)30-36/h1-30H. The zero-order chi connectivity index (χ0) is 32.3. The van der Waals surface area contributed by atoms with Crippen LogP contribution in [0.3, 0.4) is 0 Å². The van der Waals surface area contributed by atoms with Crippen LogP contribution in [0.1, 0.15) is 0 Å². The topological polar surface area (TPSA) is 13.1 Å². The molecule has 0 radical (unpaired) electrons. The second-order valence-electron chi connectivity index (χ2n) is 12.8. The molecule has 0 atom stereocenters. The summed E-state index contributed by atoms with van der Waals surface area (Å²) in [5.41, 5.74) is 11.6. The van der Waals surface area contributed by atoms with Gasteiger partial charge in [0.05, 0.1) is 0 Å². The molecule has 1 aromatic heterocycles. The molecule has 0 saturated heterocycles. The maximum Gasteiger partial charge on any atom is 0.136 e. The maximum absolute atomic E-state index is 6.35. The zero-order valence-electron chi connectivity index (χ0n) is 26.7. The SMILES string of the molecule is c1ccc(-c2cccc(-c3cccc4ccc(-c5c6ccccc6c(-c6ccc7c(c6)oc6ccccc67)c6ccccc56)cc34)c2)cc1. The third kappa shape index (κ3) is 4.47. The summed E-state index contributed by atoms with van der Waals surface area (Å²) < 4.78 is 6.35. The molecular formula is C48H30O. The molecule has 228 valence electrons. The van der Waals surface area contributed by atoms with Crippen LogP contribution in [0, 0.1) is 0 Å². The Labute approximate surface area is 284 Å². The Bertz CT molecular complexity index is 2820. The Balaban J connectivity index is 1.20. The van der Waals surface area contributed by atoms with Crippen LogP contribution in [0.15, 0.2) is 186 Å². The van der Waals surface area contributed by atoms with E-state index >= 15 is 0 Å². The van der Waals surface area contributed by atoms with Crippen LogP contribution in [0.2, 0.25) is 0 Å². The smallest absolute Gasteiger partial charge is 0.136 e. The quantitative estimate of drug-likeness (QED) is 0.178. The Kier molecular flexibility index (Phi) is 6.25. The van der Waals surface area contributed by atoms with Gasteiger partial charge in [-0.3, -0.25) is 0 Å². The van der Waals surface area contributed by atoms with Crippen LogP contribution in [0.5, 0.6) is 0 Å². The molecule has 1 heterocycles. The average molecular weight is 623 g/mol. The summed E-state index contributed by atoms with van der Waals surface area (Å²) in [4.78, 5) is 0. The van der Waals surface area contributed by atoms with Crippen molar-refractivity contribution in [1.82, 2.24) is 0 Å². The summed E-state index contributed by atoms with van der Waals surface area (Å²) in [6, 6.07) is 65.8. The van der Waals surface area contributed by atoms with Gasteiger partial charge in [-0.1, -0.05) is 152 Å². The van der Waals surface area contributed by atoms with Crippen molar-refractivity contribution >= 4 is 54.3 Å². The molecule has 0 unspecified atom stereocenters. The largest absolute Gasteiger partial charge is 0.456 e. The van der Waals surface area contributed by atoms with E-state index in [4.69, 9.17) is 4.42 Å². The molecule has 0 N–H and O–H groups in total. The van der Waals surface area contributed by atoms with Gasteiger partial charge >= 0.3 is 0 Å². The third-order valence-corrected chi connectivity index (χ3v) is 10.1. The molecule has 0 fully saturated rings. The summed E-state index contributed by atoms with van der Waals surface area (Å²) in [6.07, 6.45) is 0. The van der Waals surface area contributed by atoms with Crippen molar-refractivity contribution < 1.29 is 4.42 Å². The molecule has 10 aromatic rings. The first kappa shape index (κ1) is 27.7. The summed E-state index contributed by atoms with van der Waals surface area (Å²) in [5.74, 6) is 0. The van der Waals surface area contributed by atoms with Gasteiger partial charge in [-0.15, -0.1) is 0 Å². The lowest BCUT2D eigenvalue weighted by Gasteiger charge is -2.18. The number of para-hydroxylation sites is 1. The van der Waals surface area contributed by atoms with E-state index in [9.17, 15) is 0 Å². The minimum atomic E-state index is 0.911. The van der Waals surface area contributed by atoms with E-state index in [1.807, 2.05) is 12.1 Å². The molecule has 0 amide bonds. The van der Waals surface area contributed by atoms with E-state index in [-0.39, 0.29) is 0 Å². The van der Waals surface area contributed by atoms with Gasteiger partial charge in [-0.2, -0.15) is 0 Å². The first-order valence-corrected chi connectivity index (χ1v) is 16.8. The van der Waals surface area contributed by atoms with E-state index in [2.05, 4.69) is 170 Å². The molecule has 0 aliphatic rings. The maximum atomic E-state index is 6.35. The zero-order valence-corrected chi connectivity index (χ0v) is 26.7. The highest BCUT2D eigenvalue weighted by Gasteiger charge is 2.18. The molecule has 0 saturated carbocycles. The van der Waals surface area contributed by atoms with E-state index < -0.39 is 0 Å². The molecule has 49 heavy (non-hydrogen) atoms. The molecule has 10 rings (SSSR count). The highest BCUT2D eigenvalue weighted by molar-refractivity contribution is 6.22. The van der Waals surface area contributed by atoms with Gasteiger partial charge in [0.25, 0.3) is 0 Å². The lowest BCUT2D eigenvalue weighted by molar-refractivity contribution is 0.669. The van der Waals surface area contributed by atoms with Crippen LogP contribution < -0.4 is 0 Å². The average Bonchev–Trinajstić information content (AvgIpc) is 3.55. The Hall–Kier alpha value is -6.44. The predicted octanol–water partition coefficient (Wildman–Crippen LogP) is 13.7. The van der Waals surface area contributed by atoms with Crippen molar-refractivity contribution in [3.63, 3.8) is 0 Å². The number of rotatable bonds is 4. The van der Waals surface area contributed by atoms with Gasteiger partial charge in [0.15, 0.2) is 0 Å². The van der Waals surface area contributed by atoms with Gasteiger partial charge in [-0.25, -0.2) is 0 Å². The number of fused-ring (bicyclic) bond motifs is 6. The van der Waals surface area contributed by atoms with Gasteiger partial charge < -0.3 is 4.42 Å². The van der Waals surface area contributed by atoms with E-state index in [0.29, 0.717) is 0 Å². The van der Waals surface area contributed by atoms with Gasteiger partial charge in [0.1, 0.15) is 11.2 Å². The lowest BCUT2D eigenvalue weighted by Crippen LogP contribution is -1.91. The van der Waals surface area contributed by atoms with E-state index in [1.54, 1.807) is 0 Å².